The van der Waals surface area contributed by atoms with Gasteiger partial charge < -0.3 is 9.15 Å². The Kier molecular flexibility index (Phi) is 2.37. The molecule has 1 aromatic carbocycles. The van der Waals surface area contributed by atoms with Crippen molar-refractivity contribution < 1.29 is 13.9 Å². The lowest BCUT2D eigenvalue weighted by atomic mass is 10.1. The number of esters is 1. The minimum absolute atomic E-state index is 0.419. The molecule has 0 amide bonds. The summed E-state index contributed by atoms with van der Waals surface area (Å²) in [5.74, 6) is 0.0675. The molecule has 1 heterocycles. The lowest BCUT2D eigenvalue weighted by Crippen LogP contribution is -2.01. The molecule has 4 heteroatoms. The third kappa shape index (κ3) is 1.43. The van der Waals surface area contributed by atoms with Gasteiger partial charge in [-0.05, 0) is 25.1 Å². The number of nitrogens with zero attached hydrogens (tertiary/aromatic N) is 1. The molecule has 16 heavy (non-hydrogen) atoms. The van der Waals surface area contributed by atoms with E-state index in [1.165, 1.54) is 7.11 Å². The zero-order valence-electron chi connectivity index (χ0n) is 8.90. The summed E-state index contributed by atoms with van der Waals surface area (Å²) in [6, 6.07) is 6.95. The molecule has 0 N–H and O–H groups in total. The number of methoxy groups -OCH3 is 1. The van der Waals surface area contributed by atoms with Crippen molar-refractivity contribution in [3.8, 4) is 6.07 Å². The average molecular weight is 215 g/mol. The monoisotopic (exact) mass is 215 g/mol. The molecule has 80 valence electrons. The molecule has 2 rings (SSSR count). The van der Waals surface area contributed by atoms with Gasteiger partial charge in [-0.25, -0.2) is 4.79 Å². The van der Waals surface area contributed by atoms with Crippen LogP contribution in [-0.4, -0.2) is 13.1 Å². The number of carbonyl (C=O) groups excluding carboxylic acids is 1. The van der Waals surface area contributed by atoms with Crippen LogP contribution in [0.15, 0.2) is 22.6 Å². The molecular weight excluding hydrogens is 206 g/mol. The molecule has 0 bridgehead atoms. The quantitative estimate of drug-likeness (QED) is 0.685. The Bertz CT molecular complexity index is 604. The molecule has 0 unspecified atom stereocenters. The van der Waals surface area contributed by atoms with E-state index in [-0.39, 0.29) is 0 Å². The van der Waals surface area contributed by atoms with Crippen molar-refractivity contribution in [2.75, 3.05) is 7.11 Å². The normalized spacial score (nSPS) is 10.1. The van der Waals surface area contributed by atoms with Crippen LogP contribution in [-0.2, 0) is 4.74 Å². The Morgan fingerprint density at radius 1 is 1.50 bits per heavy atom. The second-order valence-electron chi connectivity index (χ2n) is 3.35. The molecule has 0 saturated carbocycles. The van der Waals surface area contributed by atoms with Gasteiger partial charge in [0.2, 0.25) is 0 Å². The zero-order valence-corrected chi connectivity index (χ0v) is 8.90. The summed E-state index contributed by atoms with van der Waals surface area (Å²) in [7, 11) is 1.32. The number of fused-ring (bicyclic) bond motifs is 1. The summed E-state index contributed by atoms with van der Waals surface area (Å²) < 4.78 is 10.1. The Morgan fingerprint density at radius 2 is 2.25 bits per heavy atom. The first-order chi connectivity index (χ1) is 7.67. The highest BCUT2D eigenvalue weighted by molar-refractivity contribution is 6.04. The first-order valence-corrected chi connectivity index (χ1v) is 4.69. The summed E-state index contributed by atoms with van der Waals surface area (Å²) in [4.78, 5) is 11.5. The van der Waals surface area contributed by atoms with E-state index in [9.17, 15) is 4.79 Å². The highest BCUT2D eigenvalue weighted by Crippen LogP contribution is 2.26. The number of rotatable bonds is 1. The molecule has 0 atom stereocenters. The predicted molar refractivity (Wildman–Crippen MR) is 57.0 cm³/mol. The molecule has 0 aliphatic rings. The van der Waals surface area contributed by atoms with Crippen molar-refractivity contribution in [3.05, 3.63) is 35.1 Å². The van der Waals surface area contributed by atoms with Gasteiger partial charge in [-0.1, -0.05) is 0 Å². The second kappa shape index (κ2) is 3.70. The maximum atomic E-state index is 11.5. The third-order valence-corrected chi connectivity index (χ3v) is 2.38. The van der Waals surface area contributed by atoms with Crippen LogP contribution in [0.5, 0.6) is 0 Å². The van der Waals surface area contributed by atoms with Gasteiger partial charge in [-0.2, -0.15) is 5.26 Å². The molecule has 0 aliphatic carbocycles. The number of nitriles is 1. The van der Waals surface area contributed by atoms with Crippen LogP contribution in [0.2, 0.25) is 0 Å². The van der Waals surface area contributed by atoms with Crippen LogP contribution in [0, 0.1) is 18.3 Å². The van der Waals surface area contributed by atoms with Crippen LogP contribution in [0.4, 0.5) is 0 Å². The standard InChI is InChI=1S/C12H9NO3/c1-7-11(12(14)15-2)9-4-3-8(6-13)5-10(9)16-7/h3-5H,1-2H3. The van der Waals surface area contributed by atoms with E-state index in [2.05, 4.69) is 4.74 Å². The first kappa shape index (κ1) is 10.2. The topological polar surface area (TPSA) is 63.2 Å². The van der Waals surface area contributed by atoms with Crippen molar-refractivity contribution >= 4 is 16.9 Å². The Morgan fingerprint density at radius 3 is 2.88 bits per heavy atom. The maximum Gasteiger partial charge on any atom is 0.342 e. The molecule has 0 fully saturated rings. The Hall–Kier alpha value is -2.28. The minimum Gasteiger partial charge on any atom is -0.465 e. The van der Waals surface area contributed by atoms with Gasteiger partial charge in [-0.3, -0.25) is 0 Å². The molecule has 0 saturated heterocycles. The molecule has 0 spiro atoms. The summed E-state index contributed by atoms with van der Waals surface area (Å²) in [5, 5.41) is 9.41. The van der Waals surface area contributed by atoms with Gasteiger partial charge in [-0.15, -0.1) is 0 Å². The van der Waals surface area contributed by atoms with Gasteiger partial charge in [0.15, 0.2) is 0 Å². The van der Waals surface area contributed by atoms with E-state index in [0.29, 0.717) is 27.9 Å². The lowest BCUT2D eigenvalue weighted by Gasteiger charge is -1.96. The van der Waals surface area contributed by atoms with Gasteiger partial charge in [0, 0.05) is 5.39 Å². The van der Waals surface area contributed by atoms with E-state index in [1.807, 2.05) is 6.07 Å². The average Bonchev–Trinajstić information content (AvgIpc) is 2.62. The number of benzene rings is 1. The van der Waals surface area contributed by atoms with E-state index in [0.717, 1.165) is 0 Å². The summed E-state index contributed by atoms with van der Waals surface area (Å²) in [6.07, 6.45) is 0. The second-order valence-corrected chi connectivity index (χ2v) is 3.35. The SMILES string of the molecule is COC(=O)c1c(C)oc2cc(C#N)ccc12. The Labute approximate surface area is 92.0 Å². The molecule has 4 nitrogen and oxygen atoms in total. The largest absolute Gasteiger partial charge is 0.465 e. The molecule has 2 aromatic rings. The summed E-state index contributed by atoms with van der Waals surface area (Å²) in [6.45, 7) is 1.69. The number of aryl methyl sites for hydroxylation is 1. The van der Waals surface area contributed by atoms with E-state index < -0.39 is 5.97 Å². The lowest BCUT2D eigenvalue weighted by molar-refractivity contribution is 0.0601. The summed E-state index contributed by atoms with van der Waals surface area (Å²) >= 11 is 0. The van der Waals surface area contributed by atoms with Gasteiger partial charge in [0.05, 0.1) is 18.7 Å². The van der Waals surface area contributed by atoms with Crippen LogP contribution in [0.1, 0.15) is 21.7 Å². The molecule has 1 aromatic heterocycles. The maximum absolute atomic E-state index is 11.5. The highest BCUT2D eigenvalue weighted by atomic mass is 16.5. The van der Waals surface area contributed by atoms with Crippen LogP contribution in [0.25, 0.3) is 11.0 Å². The molecular formula is C12H9NO3. The number of hydrogen-bond acceptors (Lipinski definition) is 4. The van der Waals surface area contributed by atoms with E-state index >= 15 is 0 Å². The minimum atomic E-state index is -0.430. The van der Waals surface area contributed by atoms with Crippen LogP contribution in [0.3, 0.4) is 0 Å². The Balaban J connectivity index is 2.73. The van der Waals surface area contributed by atoms with Crippen molar-refractivity contribution in [2.45, 2.75) is 6.92 Å². The van der Waals surface area contributed by atoms with Gasteiger partial charge >= 0.3 is 5.97 Å². The number of ether oxygens (including phenoxy) is 1. The zero-order chi connectivity index (χ0) is 11.7. The van der Waals surface area contributed by atoms with Crippen molar-refractivity contribution in [1.82, 2.24) is 0 Å². The van der Waals surface area contributed by atoms with Crippen molar-refractivity contribution in [2.24, 2.45) is 0 Å². The van der Waals surface area contributed by atoms with Crippen LogP contribution < -0.4 is 0 Å². The van der Waals surface area contributed by atoms with Gasteiger partial charge in [0.1, 0.15) is 16.9 Å². The number of hydrogen-bond donors (Lipinski definition) is 0. The smallest absolute Gasteiger partial charge is 0.342 e. The van der Waals surface area contributed by atoms with E-state index in [1.54, 1.807) is 25.1 Å². The van der Waals surface area contributed by atoms with Crippen LogP contribution >= 0.6 is 0 Å². The van der Waals surface area contributed by atoms with Crippen molar-refractivity contribution in [3.63, 3.8) is 0 Å². The predicted octanol–water partition coefficient (Wildman–Crippen LogP) is 2.40. The molecule has 0 aliphatic heterocycles. The molecule has 0 radical (unpaired) electrons. The fourth-order valence-corrected chi connectivity index (χ4v) is 1.64. The number of carbonyl (C=O) groups is 1. The highest BCUT2D eigenvalue weighted by Gasteiger charge is 2.18. The van der Waals surface area contributed by atoms with E-state index in [4.69, 9.17) is 9.68 Å². The fourth-order valence-electron chi connectivity index (χ4n) is 1.64. The fraction of sp³-hybridized carbons (Fsp3) is 0.167. The summed E-state index contributed by atoms with van der Waals surface area (Å²) in [5.41, 5.74) is 1.44. The first-order valence-electron chi connectivity index (χ1n) is 4.69. The van der Waals surface area contributed by atoms with Gasteiger partial charge in [0.25, 0.3) is 0 Å². The number of furan rings is 1. The van der Waals surface area contributed by atoms with Crippen molar-refractivity contribution in [1.29, 1.82) is 5.26 Å². The third-order valence-electron chi connectivity index (χ3n) is 2.38.